The Kier molecular flexibility index (Phi) is 12.0. The number of aryl methyl sites for hydroxylation is 2. The maximum atomic E-state index is 3.58. The predicted molar refractivity (Wildman–Crippen MR) is 168 cm³/mol. The first-order chi connectivity index (χ1) is 19.7. The van der Waals surface area contributed by atoms with Gasteiger partial charge < -0.3 is 24.8 Å². The standard InChI is InChI=1S/2C20H21.2ClH.Zr/c2*1-14-8-7-13-18-19(14)16-11-5-6-12-17(16)20(18)15-9-3-2-4-10-15;;;/h2*5-8,11-12,15,20H,2-4,9-10H2,1H3;2*1H;/q2*-1;;;+4/p-2. The van der Waals surface area contributed by atoms with Crippen molar-refractivity contribution in [2.45, 2.75) is 89.9 Å². The van der Waals surface area contributed by atoms with Crippen molar-refractivity contribution in [1.82, 2.24) is 0 Å². The fraction of sp³-hybridized carbons (Fsp3) is 0.400. The molecule has 8 rings (SSSR count). The summed E-state index contributed by atoms with van der Waals surface area (Å²) in [5, 5.41) is 0. The molecule has 4 aliphatic rings. The molecule has 4 aromatic rings. The minimum Gasteiger partial charge on any atom is -1.00 e. The molecule has 0 aliphatic heterocycles. The molecule has 0 heterocycles. The Morgan fingerprint density at radius 2 is 0.884 bits per heavy atom. The summed E-state index contributed by atoms with van der Waals surface area (Å²) in [7, 11) is 0. The van der Waals surface area contributed by atoms with E-state index in [-0.39, 0.29) is 51.0 Å². The molecule has 2 unspecified atom stereocenters. The van der Waals surface area contributed by atoms with Crippen LogP contribution in [-0.2, 0) is 26.2 Å². The SMILES string of the molecule is Cc1cc[c-]c2c1-c1ccccc1C2C1CCCCC1.Cc1cc[c-]c2c1-c1ccccc1C2C1CCCCC1.[Cl-].[Cl-].[Zr+4]. The first-order valence-corrected chi connectivity index (χ1v) is 15.9. The smallest absolute Gasteiger partial charge is 1.00 e. The van der Waals surface area contributed by atoms with E-state index in [1.165, 1.54) is 109 Å². The van der Waals surface area contributed by atoms with E-state index in [2.05, 4.69) is 98.8 Å². The number of rotatable bonds is 2. The van der Waals surface area contributed by atoms with Crippen molar-refractivity contribution in [2.75, 3.05) is 0 Å². The third-order valence-corrected chi connectivity index (χ3v) is 10.5. The van der Waals surface area contributed by atoms with Gasteiger partial charge in [-0.15, -0.1) is 22.3 Å². The first kappa shape index (κ1) is 34.2. The number of fused-ring (bicyclic) bond motifs is 6. The van der Waals surface area contributed by atoms with Gasteiger partial charge in [-0.1, -0.05) is 112 Å². The Hall–Kier alpha value is -1.66. The van der Waals surface area contributed by atoms with Gasteiger partial charge in [0, 0.05) is 0 Å². The second kappa shape index (κ2) is 15.1. The maximum Gasteiger partial charge on any atom is 4.00 e. The molecule has 220 valence electrons. The molecular weight excluding hydrogens is 643 g/mol. The first-order valence-electron chi connectivity index (χ1n) is 15.9. The number of hydrogen-bond donors (Lipinski definition) is 0. The molecule has 43 heavy (non-hydrogen) atoms. The zero-order chi connectivity index (χ0) is 27.1. The van der Waals surface area contributed by atoms with E-state index in [0.717, 1.165) is 11.8 Å². The fourth-order valence-corrected chi connectivity index (χ4v) is 8.67. The van der Waals surface area contributed by atoms with E-state index in [9.17, 15) is 0 Å². The summed E-state index contributed by atoms with van der Waals surface area (Å²) >= 11 is 0. The van der Waals surface area contributed by atoms with Gasteiger partial charge in [-0.3, -0.25) is 0 Å². The van der Waals surface area contributed by atoms with Crippen molar-refractivity contribution in [3.63, 3.8) is 0 Å². The van der Waals surface area contributed by atoms with E-state index in [1.807, 2.05) is 0 Å². The summed E-state index contributed by atoms with van der Waals surface area (Å²) in [4.78, 5) is 0. The molecule has 2 atom stereocenters. The van der Waals surface area contributed by atoms with Gasteiger partial charge in [0.2, 0.25) is 0 Å². The molecule has 0 bridgehead atoms. The Labute approximate surface area is 291 Å². The van der Waals surface area contributed by atoms with E-state index < -0.39 is 0 Å². The molecule has 0 amide bonds. The van der Waals surface area contributed by atoms with Crippen molar-refractivity contribution in [3.05, 3.63) is 118 Å². The minimum absolute atomic E-state index is 0. The summed E-state index contributed by atoms with van der Waals surface area (Å²) in [5.74, 6) is 2.84. The topological polar surface area (TPSA) is 0 Å². The molecule has 3 heteroatoms. The van der Waals surface area contributed by atoms with Crippen LogP contribution < -0.4 is 24.8 Å². The second-order valence-corrected chi connectivity index (χ2v) is 12.8. The van der Waals surface area contributed by atoms with E-state index in [4.69, 9.17) is 0 Å². The molecule has 2 saturated carbocycles. The van der Waals surface area contributed by atoms with Crippen LogP contribution in [0.3, 0.4) is 0 Å². The van der Waals surface area contributed by atoms with E-state index >= 15 is 0 Å². The van der Waals surface area contributed by atoms with Crippen LogP contribution in [0.1, 0.15) is 109 Å². The van der Waals surface area contributed by atoms with Crippen LogP contribution in [0, 0.1) is 37.8 Å². The predicted octanol–water partition coefficient (Wildman–Crippen LogP) is 4.98. The zero-order valence-corrected chi connectivity index (χ0v) is 29.5. The van der Waals surface area contributed by atoms with Gasteiger partial charge in [-0.2, -0.15) is 47.5 Å². The van der Waals surface area contributed by atoms with Crippen molar-refractivity contribution in [3.8, 4) is 22.3 Å². The fourth-order valence-electron chi connectivity index (χ4n) is 8.67. The van der Waals surface area contributed by atoms with Crippen LogP contribution in [0.2, 0.25) is 0 Å². The number of halogens is 2. The summed E-state index contributed by atoms with van der Waals surface area (Å²) in [6.07, 6.45) is 14.0. The van der Waals surface area contributed by atoms with Gasteiger partial charge >= 0.3 is 26.2 Å². The molecule has 0 N–H and O–H groups in total. The summed E-state index contributed by atoms with van der Waals surface area (Å²) in [6.45, 7) is 4.49. The largest absolute Gasteiger partial charge is 4.00 e. The van der Waals surface area contributed by atoms with Gasteiger partial charge in [0.15, 0.2) is 0 Å². The Morgan fingerprint density at radius 3 is 1.28 bits per heavy atom. The molecule has 2 fully saturated rings. The molecule has 0 nitrogen and oxygen atoms in total. The van der Waals surface area contributed by atoms with Crippen LogP contribution in [0.25, 0.3) is 22.3 Å². The molecular formula is C40H42Cl2Zr. The van der Waals surface area contributed by atoms with Gasteiger partial charge in [0.25, 0.3) is 0 Å². The second-order valence-electron chi connectivity index (χ2n) is 12.8. The monoisotopic (exact) mass is 682 g/mol. The maximum absolute atomic E-state index is 3.58. The van der Waals surface area contributed by atoms with Gasteiger partial charge in [-0.05, 0) is 60.5 Å². The van der Waals surface area contributed by atoms with Crippen molar-refractivity contribution >= 4 is 0 Å². The van der Waals surface area contributed by atoms with E-state index in [0.29, 0.717) is 11.8 Å². The van der Waals surface area contributed by atoms with Crippen LogP contribution in [0.4, 0.5) is 0 Å². The van der Waals surface area contributed by atoms with Gasteiger partial charge in [0.05, 0.1) is 0 Å². The molecule has 4 aromatic carbocycles. The van der Waals surface area contributed by atoms with Crippen molar-refractivity contribution < 1.29 is 51.0 Å². The van der Waals surface area contributed by atoms with Gasteiger partial charge in [0.1, 0.15) is 0 Å². The molecule has 0 spiro atoms. The minimum atomic E-state index is 0. The summed E-state index contributed by atoms with van der Waals surface area (Å²) in [6, 6.07) is 33.9. The summed E-state index contributed by atoms with van der Waals surface area (Å²) < 4.78 is 0. The van der Waals surface area contributed by atoms with Crippen molar-refractivity contribution in [2.24, 2.45) is 11.8 Å². The van der Waals surface area contributed by atoms with Gasteiger partial charge in [-0.25, -0.2) is 0 Å². The number of hydrogen-bond acceptors (Lipinski definition) is 0. The van der Waals surface area contributed by atoms with Crippen LogP contribution in [0.5, 0.6) is 0 Å². The van der Waals surface area contributed by atoms with Crippen molar-refractivity contribution in [1.29, 1.82) is 0 Å². The Bertz CT molecular complexity index is 1400. The van der Waals surface area contributed by atoms with Crippen LogP contribution in [0.15, 0.2) is 72.8 Å². The zero-order valence-electron chi connectivity index (χ0n) is 25.6. The van der Waals surface area contributed by atoms with E-state index in [1.54, 1.807) is 11.1 Å². The average molecular weight is 685 g/mol. The third-order valence-electron chi connectivity index (χ3n) is 10.5. The Balaban J connectivity index is 0.000000184. The Morgan fingerprint density at radius 1 is 0.512 bits per heavy atom. The molecule has 0 aromatic heterocycles. The molecule has 4 aliphatic carbocycles. The third kappa shape index (κ3) is 6.39. The molecule has 0 radical (unpaired) electrons. The van der Waals surface area contributed by atoms with Crippen LogP contribution in [-0.4, -0.2) is 0 Å². The summed E-state index contributed by atoms with van der Waals surface area (Å²) in [5.41, 5.74) is 14.7. The quantitative estimate of drug-likeness (QED) is 0.262. The average Bonchev–Trinajstić information content (AvgIpc) is 3.53. The number of benzene rings is 4. The normalized spacial score (nSPS) is 20.0. The molecule has 0 saturated heterocycles. The van der Waals surface area contributed by atoms with Crippen LogP contribution >= 0.6 is 0 Å².